The summed E-state index contributed by atoms with van der Waals surface area (Å²) in [7, 11) is 1.38. The molecule has 108 valence electrons. The topological polar surface area (TPSA) is 35.5 Å². The molecule has 0 radical (unpaired) electrons. The predicted octanol–water partition coefficient (Wildman–Crippen LogP) is 3.66. The zero-order valence-electron chi connectivity index (χ0n) is 12.2. The second-order valence-electron chi connectivity index (χ2n) is 4.52. The maximum atomic E-state index is 10.9. The van der Waals surface area contributed by atoms with Gasteiger partial charge in [0.05, 0.1) is 20.3 Å². The number of carbonyl (C=O) groups excluding carboxylic acids is 1. The van der Waals surface area contributed by atoms with E-state index in [1.54, 1.807) is 0 Å². The normalized spacial score (nSPS) is 11.8. The van der Waals surface area contributed by atoms with Gasteiger partial charge in [-0.2, -0.15) is 0 Å². The van der Waals surface area contributed by atoms with Crippen LogP contribution < -0.4 is 0 Å². The Morgan fingerprint density at radius 2 is 2.00 bits per heavy atom. The molecule has 3 heteroatoms. The lowest BCUT2D eigenvalue weighted by atomic mass is 10.1. The van der Waals surface area contributed by atoms with E-state index < -0.39 is 0 Å². The summed E-state index contributed by atoms with van der Waals surface area (Å²) in [5.74, 6) is -0.308. The van der Waals surface area contributed by atoms with Gasteiger partial charge in [-0.25, -0.2) is 4.79 Å². The highest BCUT2D eigenvalue weighted by Crippen LogP contribution is 2.06. The molecular weight excluding hydrogens is 252 g/mol. The van der Waals surface area contributed by atoms with Crippen molar-refractivity contribution in [3.05, 3.63) is 59.7 Å². The molecule has 0 N–H and O–H groups in total. The fourth-order valence-electron chi connectivity index (χ4n) is 1.61. The third-order valence-electron chi connectivity index (χ3n) is 2.82. The van der Waals surface area contributed by atoms with Crippen LogP contribution in [0.1, 0.15) is 25.3 Å². The molecule has 0 saturated carbocycles. The highest BCUT2D eigenvalue weighted by atomic mass is 16.5. The first-order valence-electron chi connectivity index (χ1n) is 6.74. The number of hydrogen-bond acceptors (Lipinski definition) is 3. The van der Waals surface area contributed by atoms with E-state index in [0.29, 0.717) is 13.2 Å². The lowest BCUT2D eigenvalue weighted by Gasteiger charge is -2.02. The summed E-state index contributed by atoms with van der Waals surface area (Å²) in [6, 6.07) is 10.1. The molecule has 0 aliphatic heterocycles. The predicted molar refractivity (Wildman–Crippen MR) is 80.2 cm³/mol. The van der Waals surface area contributed by atoms with Gasteiger partial charge in [0.25, 0.3) is 0 Å². The quantitative estimate of drug-likeness (QED) is 0.314. The Morgan fingerprint density at radius 1 is 1.25 bits per heavy atom. The molecule has 0 bridgehead atoms. The van der Waals surface area contributed by atoms with Gasteiger partial charge in [0, 0.05) is 6.08 Å². The first kappa shape index (κ1) is 16.2. The van der Waals surface area contributed by atoms with Crippen LogP contribution in [0.25, 0.3) is 0 Å². The molecular formula is C17H22O3. The Hall–Kier alpha value is -1.87. The molecule has 0 aliphatic carbocycles. The molecule has 0 heterocycles. The van der Waals surface area contributed by atoms with Crippen molar-refractivity contribution in [2.45, 2.75) is 26.4 Å². The summed E-state index contributed by atoms with van der Waals surface area (Å²) in [6.45, 7) is 3.31. The van der Waals surface area contributed by atoms with E-state index >= 15 is 0 Å². The van der Waals surface area contributed by atoms with Crippen LogP contribution in [-0.2, 0) is 20.9 Å². The Kier molecular flexibility index (Phi) is 8.08. The third-order valence-corrected chi connectivity index (χ3v) is 2.82. The largest absolute Gasteiger partial charge is 0.466 e. The van der Waals surface area contributed by atoms with Crippen LogP contribution in [0, 0.1) is 0 Å². The molecule has 0 atom stereocenters. The third kappa shape index (κ3) is 7.54. The second kappa shape index (κ2) is 9.98. The standard InChI is InChI=1S/C17H22O3/c1-15(8-6-7-11-17(18)19-2)12-13-20-14-16-9-4-3-5-10-16/h3-5,7,9-12H,6,8,13-14H2,1-2H3/b11-7+,15-12+. The van der Waals surface area contributed by atoms with Crippen molar-refractivity contribution < 1.29 is 14.3 Å². The van der Waals surface area contributed by atoms with Gasteiger partial charge < -0.3 is 9.47 Å². The molecule has 1 aromatic rings. The Morgan fingerprint density at radius 3 is 2.70 bits per heavy atom. The van der Waals surface area contributed by atoms with Crippen molar-refractivity contribution in [1.29, 1.82) is 0 Å². The van der Waals surface area contributed by atoms with Crippen LogP contribution in [0.15, 0.2) is 54.1 Å². The van der Waals surface area contributed by atoms with Gasteiger partial charge >= 0.3 is 5.97 Å². The van der Waals surface area contributed by atoms with Crippen molar-refractivity contribution in [2.24, 2.45) is 0 Å². The molecule has 0 amide bonds. The number of benzene rings is 1. The molecule has 0 saturated heterocycles. The van der Waals surface area contributed by atoms with Crippen molar-refractivity contribution in [1.82, 2.24) is 0 Å². The fraction of sp³-hybridized carbons (Fsp3) is 0.353. The molecule has 0 aromatic heterocycles. The van der Waals surface area contributed by atoms with Gasteiger partial charge in [0.2, 0.25) is 0 Å². The van der Waals surface area contributed by atoms with Crippen LogP contribution in [0.2, 0.25) is 0 Å². The number of carbonyl (C=O) groups is 1. The maximum absolute atomic E-state index is 10.9. The summed E-state index contributed by atoms with van der Waals surface area (Å²) < 4.78 is 10.1. The number of methoxy groups -OCH3 is 1. The molecule has 0 spiro atoms. The summed E-state index contributed by atoms with van der Waals surface area (Å²) in [5, 5.41) is 0. The fourth-order valence-corrected chi connectivity index (χ4v) is 1.61. The van der Waals surface area contributed by atoms with Crippen LogP contribution in [-0.4, -0.2) is 19.7 Å². The van der Waals surface area contributed by atoms with Crippen molar-refractivity contribution >= 4 is 5.97 Å². The van der Waals surface area contributed by atoms with E-state index in [1.807, 2.05) is 36.4 Å². The van der Waals surface area contributed by atoms with E-state index in [1.165, 1.54) is 24.3 Å². The van der Waals surface area contributed by atoms with Gasteiger partial charge in [0.1, 0.15) is 0 Å². The van der Waals surface area contributed by atoms with Gasteiger partial charge in [-0.15, -0.1) is 0 Å². The molecule has 0 fully saturated rings. The lowest BCUT2D eigenvalue weighted by molar-refractivity contribution is -0.134. The minimum atomic E-state index is -0.308. The number of esters is 1. The number of allylic oxidation sites excluding steroid dienone is 2. The van der Waals surface area contributed by atoms with Crippen molar-refractivity contribution in [3.8, 4) is 0 Å². The molecule has 1 aromatic carbocycles. The SMILES string of the molecule is COC(=O)/C=C/CC/C(C)=C/COCc1ccccc1. The van der Waals surface area contributed by atoms with E-state index in [4.69, 9.17) is 4.74 Å². The van der Waals surface area contributed by atoms with Crippen molar-refractivity contribution in [2.75, 3.05) is 13.7 Å². The first-order chi connectivity index (χ1) is 9.72. The molecule has 1 rings (SSSR count). The van der Waals surface area contributed by atoms with Gasteiger partial charge in [0.15, 0.2) is 0 Å². The first-order valence-corrected chi connectivity index (χ1v) is 6.74. The molecule has 20 heavy (non-hydrogen) atoms. The summed E-state index contributed by atoms with van der Waals surface area (Å²) in [4.78, 5) is 10.9. The summed E-state index contributed by atoms with van der Waals surface area (Å²) >= 11 is 0. The number of rotatable bonds is 8. The van der Waals surface area contributed by atoms with Gasteiger partial charge in [-0.05, 0) is 25.3 Å². The zero-order valence-corrected chi connectivity index (χ0v) is 12.2. The molecule has 0 unspecified atom stereocenters. The number of hydrogen-bond donors (Lipinski definition) is 0. The van der Waals surface area contributed by atoms with Gasteiger partial charge in [-0.1, -0.05) is 48.1 Å². The van der Waals surface area contributed by atoms with E-state index in [0.717, 1.165) is 12.8 Å². The highest BCUT2D eigenvalue weighted by molar-refractivity contribution is 5.81. The lowest BCUT2D eigenvalue weighted by Crippen LogP contribution is -1.94. The molecule has 3 nitrogen and oxygen atoms in total. The molecule has 0 aliphatic rings. The van der Waals surface area contributed by atoms with Crippen LogP contribution >= 0.6 is 0 Å². The van der Waals surface area contributed by atoms with E-state index in [9.17, 15) is 4.79 Å². The van der Waals surface area contributed by atoms with Crippen LogP contribution in [0.4, 0.5) is 0 Å². The van der Waals surface area contributed by atoms with Crippen LogP contribution in [0.5, 0.6) is 0 Å². The maximum Gasteiger partial charge on any atom is 0.330 e. The summed E-state index contributed by atoms with van der Waals surface area (Å²) in [5.41, 5.74) is 2.44. The second-order valence-corrected chi connectivity index (χ2v) is 4.52. The highest BCUT2D eigenvalue weighted by Gasteiger charge is 1.93. The summed E-state index contributed by atoms with van der Waals surface area (Å²) in [6.07, 6.45) is 7.11. The Bertz CT molecular complexity index is 447. The van der Waals surface area contributed by atoms with E-state index in [-0.39, 0.29) is 5.97 Å². The monoisotopic (exact) mass is 274 g/mol. The van der Waals surface area contributed by atoms with Gasteiger partial charge in [-0.3, -0.25) is 0 Å². The zero-order chi connectivity index (χ0) is 14.6. The minimum absolute atomic E-state index is 0.308. The Labute approximate surface area is 120 Å². The average Bonchev–Trinajstić information content (AvgIpc) is 2.49. The number of ether oxygens (including phenoxy) is 2. The smallest absolute Gasteiger partial charge is 0.330 e. The average molecular weight is 274 g/mol. The van der Waals surface area contributed by atoms with Crippen LogP contribution in [0.3, 0.4) is 0 Å². The Balaban J connectivity index is 2.15. The van der Waals surface area contributed by atoms with Crippen molar-refractivity contribution in [3.63, 3.8) is 0 Å². The van der Waals surface area contributed by atoms with E-state index in [2.05, 4.69) is 17.7 Å². The minimum Gasteiger partial charge on any atom is -0.466 e.